The van der Waals surface area contributed by atoms with Gasteiger partial charge in [0, 0.05) is 31.7 Å². The Kier molecular flexibility index (Phi) is 5.63. The summed E-state index contributed by atoms with van der Waals surface area (Å²) in [4.78, 5) is 29.4. The number of hydrogen-bond acceptors (Lipinski definition) is 3. The predicted molar refractivity (Wildman–Crippen MR) is 98.8 cm³/mol. The molecule has 1 aliphatic heterocycles. The Labute approximate surface area is 152 Å². The lowest BCUT2D eigenvalue weighted by atomic mass is 10.1. The lowest BCUT2D eigenvalue weighted by molar-refractivity contribution is 0.0644. The van der Waals surface area contributed by atoms with E-state index in [-0.39, 0.29) is 11.8 Å². The number of hydrogen-bond donors (Lipinski definition) is 1. The Hall–Kier alpha value is -2.73. The molecule has 6 heteroatoms. The molecule has 136 valence electrons. The van der Waals surface area contributed by atoms with Crippen LogP contribution < -0.4 is 5.32 Å². The first-order chi connectivity index (χ1) is 12.6. The van der Waals surface area contributed by atoms with E-state index < -0.39 is 5.82 Å². The molecule has 0 unspecified atom stereocenters. The van der Waals surface area contributed by atoms with Crippen LogP contribution in [0.3, 0.4) is 0 Å². The summed E-state index contributed by atoms with van der Waals surface area (Å²) in [5, 5.41) is 2.77. The highest BCUT2D eigenvalue weighted by atomic mass is 19.1. The topological polar surface area (TPSA) is 52.6 Å². The third-order valence-corrected chi connectivity index (χ3v) is 4.62. The average Bonchev–Trinajstić information content (AvgIpc) is 2.68. The van der Waals surface area contributed by atoms with Crippen molar-refractivity contribution in [2.24, 2.45) is 0 Å². The molecule has 0 atom stereocenters. The first-order valence-corrected chi connectivity index (χ1v) is 8.76. The SMILES string of the molecule is CCN1CCN(C(=O)c2ccccc2NC(=O)c2ccc(F)cc2)CC1. The fourth-order valence-electron chi connectivity index (χ4n) is 3.01. The number of anilines is 1. The van der Waals surface area contributed by atoms with Crippen molar-refractivity contribution in [1.82, 2.24) is 9.80 Å². The van der Waals surface area contributed by atoms with Crippen LogP contribution in [0.1, 0.15) is 27.6 Å². The summed E-state index contributed by atoms with van der Waals surface area (Å²) in [5.74, 6) is -0.861. The van der Waals surface area contributed by atoms with Crippen LogP contribution in [0.25, 0.3) is 0 Å². The van der Waals surface area contributed by atoms with Gasteiger partial charge in [0.25, 0.3) is 11.8 Å². The predicted octanol–water partition coefficient (Wildman–Crippen LogP) is 2.86. The number of halogens is 1. The van der Waals surface area contributed by atoms with Gasteiger partial charge in [-0.25, -0.2) is 4.39 Å². The van der Waals surface area contributed by atoms with E-state index >= 15 is 0 Å². The minimum Gasteiger partial charge on any atom is -0.336 e. The van der Waals surface area contributed by atoms with Crippen molar-refractivity contribution in [3.63, 3.8) is 0 Å². The van der Waals surface area contributed by atoms with E-state index in [9.17, 15) is 14.0 Å². The monoisotopic (exact) mass is 355 g/mol. The highest BCUT2D eigenvalue weighted by molar-refractivity contribution is 6.09. The lowest BCUT2D eigenvalue weighted by Crippen LogP contribution is -2.48. The van der Waals surface area contributed by atoms with Crippen LogP contribution in [-0.2, 0) is 0 Å². The molecule has 0 spiro atoms. The minimum absolute atomic E-state index is 0.0873. The summed E-state index contributed by atoms with van der Waals surface area (Å²) in [6.07, 6.45) is 0. The van der Waals surface area contributed by atoms with Crippen LogP contribution in [0.4, 0.5) is 10.1 Å². The maximum Gasteiger partial charge on any atom is 0.256 e. The molecule has 26 heavy (non-hydrogen) atoms. The van der Waals surface area contributed by atoms with Crippen LogP contribution >= 0.6 is 0 Å². The third kappa shape index (κ3) is 4.08. The van der Waals surface area contributed by atoms with Gasteiger partial charge >= 0.3 is 0 Å². The second-order valence-corrected chi connectivity index (χ2v) is 6.23. The summed E-state index contributed by atoms with van der Waals surface area (Å²) in [7, 11) is 0. The molecule has 1 saturated heterocycles. The number of nitrogens with one attached hydrogen (secondary N) is 1. The van der Waals surface area contributed by atoms with Gasteiger partial charge in [-0.1, -0.05) is 19.1 Å². The number of nitrogens with zero attached hydrogens (tertiary/aromatic N) is 2. The highest BCUT2D eigenvalue weighted by Crippen LogP contribution is 2.19. The smallest absolute Gasteiger partial charge is 0.256 e. The fraction of sp³-hybridized carbons (Fsp3) is 0.300. The van der Waals surface area contributed by atoms with Gasteiger partial charge in [-0.2, -0.15) is 0 Å². The molecular formula is C20H22FN3O2. The van der Waals surface area contributed by atoms with Gasteiger partial charge in [0.1, 0.15) is 5.82 Å². The van der Waals surface area contributed by atoms with Crippen molar-refractivity contribution in [2.45, 2.75) is 6.92 Å². The Balaban J connectivity index is 1.74. The summed E-state index contributed by atoms with van der Waals surface area (Å²) in [6.45, 7) is 6.14. The zero-order valence-electron chi connectivity index (χ0n) is 14.7. The summed E-state index contributed by atoms with van der Waals surface area (Å²) >= 11 is 0. The molecule has 1 fully saturated rings. The van der Waals surface area contributed by atoms with Crippen LogP contribution in [0, 0.1) is 5.82 Å². The molecule has 2 aromatic carbocycles. The van der Waals surface area contributed by atoms with E-state index in [1.807, 2.05) is 4.90 Å². The van der Waals surface area contributed by atoms with Crippen molar-refractivity contribution in [3.05, 3.63) is 65.5 Å². The van der Waals surface area contributed by atoms with Gasteiger partial charge in [-0.15, -0.1) is 0 Å². The number of rotatable bonds is 4. The number of amides is 2. The maximum atomic E-state index is 13.0. The van der Waals surface area contributed by atoms with E-state index in [1.165, 1.54) is 24.3 Å². The van der Waals surface area contributed by atoms with Crippen molar-refractivity contribution in [2.75, 3.05) is 38.0 Å². The molecular weight excluding hydrogens is 333 g/mol. The fourth-order valence-corrected chi connectivity index (χ4v) is 3.01. The van der Waals surface area contributed by atoms with Gasteiger partial charge < -0.3 is 15.1 Å². The van der Waals surface area contributed by atoms with Gasteiger partial charge in [0.15, 0.2) is 0 Å². The highest BCUT2D eigenvalue weighted by Gasteiger charge is 2.23. The first kappa shape index (κ1) is 18.1. The maximum absolute atomic E-state index is 13.0. The summed E-state index contributed by atoms with van der Waals surface area (Å²) in [5.41, 5.74) is 1.27. The second-order valence-electron chi connectivity index (χ2n) is 6.23. The Morgan fingerprint density at radius 3 is 2.31 bits per heavy atom. The van der Waals surface area contributed by atoms with Crippen molar-refractivity contribution in [3.8, 4) is 0 Å². The molecule has 5 nitrogen and oxygen atoms in total. The Morgan fingerprint density at radius 1 is 1.00 bits per heavy atom. The van der Waals surface area contributed by atoms with E-state index in [0.717, 1.165) is 19.6 Å². The number of carbonyl (C=O) groups is 2. The molecule has 0 saturated carbocycles. The first-order valence-electron chi connectivity index (χ1n) is 8.76. The molecule has 3 rings (SSSR count). The largest absolute Gasteiger partial charge is 0.336 e. The van der Waals surface area contributed by atoms with Gasteiger partial charge in [-0.3, -0.25) is 9.59 Å². The zero-order valence-corrected chi connectivity index (χ0v) is 14.7. The van der Waals surface area contributed by atoms with Crippen molar-refractivity contribution >= 4 is 17.5 Å². The molecule has 2 amide bonds. The standard InChI is InChI=1S/C20H22FN3O2/c1-2-23-11-13-24(14-12-23)20(26)17-5-3-4-6-18(17)22-19(25)15-7-9-16(21)10-8-15/h3-10H,2,11-14H2,1H3,(H,22,25). The van der Waals surface area contributed by atoms with Crippen molar-refractivity contribution < 1.29 is 14.0 Å². The van der Waals surface area contributed by atoms with Crippen LogP contribution in [0.2, 0.25) is 0 Å². The van der Waals surface area contributed by atoms with Crippen LogP contribution in [-0.4, -0.2) is 54.3 Å². The number of para-hydroxylation sites is 1. The van der Waals surface area contributed by atoms with E-state index in [2.05, 4.69) is 17.1 Å². The van der Waals surface area contributed by atoms with E-state index in [4.69, 9.17) is 0 Å². The third-order valence-electron chi connectivity index (χ3n) is 4.62. The van der Waals surface area contributed by atoms with Gasteiger partial charge in [0.05, 0.1) is 11.3 Å². The normalized spacial score (nSPS) is 14.9. The molecule has 0 radical (unpaired) electrons. The quantitative estimate of drug-likeness (QED) is 0.918. The van der Waals surface area contributed by atoms with Gasteiger partial charge in [0.2, 0.25) is 0 Å². The second kappa shape index (κ2) is 8.10. The van der Waals surface area contributed by atoms with Crippen LogP contribution in [0.15, 0.2) is 48.5 Å². The molecule has 1 heterocycles. The lowest BCUT2D eigenvalue weighted by Gasteiger charge is -2.34. The van der Waals surface area contributed by atoms with Gasteiger partial charge in [-0.05, 0) is 42.9 Å². The number of carbonyl (C=O) groups excluding carboxylic acids is 2. The van der Waals surface area contributed by atoms with E-state index in [0.29, 0.717) is 29.9 Å². The molecule has 1 aliphatic rings. The van der Waals surface area contributed by atoms with Crippen molar-refractivity contribution in [1.29, 1.82) is 0 Å². The number of benzene rings is 2. The minimum atomic E-state index is -0.400. The summed E-state index contributed by atoms with van der Waals surface area (Å²) < 4.78 is 13.0. The Bertz CT molecular complexity index is 784. The Morgan fingerprint density at radius 2 is 1.65 bits per heavy atom. The number of piperazine rings is 1. The molecule has 0 aliphatic carbocycles. The summed E-state index contributed by atoms with van der Waals surface area (Å²) in [6, 6.07) is 12.3. The molecule has 1 N–H and O–H groups in total. The molecule has 2 aromatic rings. The zero-order chi connectivity index (χ0) is 18.5. The number of likely N-dealkylation sites (N-methyl/N-ethyl adjacent to an activating group) is 1. The average molecular weight is 355 g/mol. The molecule has 0 bridgehead atoms. The molecule has 0 aromatic heterocycles. The van der Waals surface area contributed by atoms with E-state index in [1.54, 1.807) is 24.3 Å². The van der Waals surface area contributed by atoms with Crippen LogP contribution in [0.5, 0.6) is 0 Å².